The number of carbonyl (C=O) groups excluding carboxylic acids is 2. The van der Waals surface area contributed by atoms with Crippen molar-refractivity contribution in [2.75, 3.05) is 32.8 Å². The van der Waals surface area contributed by atoms with E-state index in [1.165, 1.54) is 14.2 Å². The molecular weight excluding hydrogens is 400 g/mol. The van der Waals surface area contributed by atoms with Crippen molar-refractivity contribution in [1.29, 1.82) is 0 Å². The van der Waals surface area contributed by atoms with Crippen LogP contribution in [0.25, 0.3) is 0 Å². The molecule has 2 amide bonds. The summed E-state index contributed by atoms with van der Waals surface area (Å²) in [5, 5.41) is 12.7. The van der Waals surface area contributed by atoms with Crippen molar-refractivity contribution in [3.63, 3.8) is 0 Å². The number of amides is 2. The number of carbonyl (C=O) groups is 2. The Morgan fingerprint density at radius 3 is 2.42 bits per heavy atom. The summed E-state index contributed by atoms with van der Waals surface area (Å²) < 4.78 is 16.2. The number of hydrogen-bond acceptors (Lipinski definition) is 6. The van der Waals surface area contributed by atoms with Gasteiger partial charge in [0.1, 0.15) is 12.7 Å². The Kier molecular flexibility index (Phi) is 7.14. The van der Waals surface area contributed by atoms with Gasteiger partial charge >= 0.3 is 0 Å². The number of methoxy groups -OCH3 is 2. The number of morpholine rings is 1. The lowest BCUT2D eigenvalue weighted by molar-refractivity contribution is -0.164. The van der Waals surface area contributed by atoms with Crippen LogP contribution in [-0.4, -0.2) is 61.3 Å². The molecule has 2 N–H and O–H groups in total. The molecule has 1 heterocycles. The van der Waals surface area contributed by atoms with Crippen LogP contribution in [0.5, 0.6) is 11.5 Å². The predicted molar refractivity (Wildman–Crippen MR) is 115 cm³/mol. The second-order valence-electron chi connectivity index (χ2n) is 7.52. The molecule has 0 aliphatic carbocycles. The van der Waals surface area contributed by atoms with Crippen LogP contribution in [0.1, 0.15) is 35.9 Å². The molecule has 0 bridgehead atoms. The van der Waals surface area contributed by atoms with Crippen LogP contribution in [0.15, 0.2) is 42.5 Å². The average molecular weight is 428 g/mol. The maximum Gasteiger partial charge on any atom is 0.255 e. The number of aliphatic hydroxyl groups excluding tert-OH is 1. The smallest absolute Gasteiger partial charge is 0.255 e. The van der Waals surface area contributed by atoms with Crippen LogP contribution in [0, 0.1) is 0 Å². The number of nitrogens with one attached hydrogen (secondary N) is 1. The summed E-state index contributed by atoms with van der Waals surface area (Å²) in [6.45, 7) is 3.59. The van der Waals surface area contributed by atoms with Crippen LogP contribution < -0.4 is 14.8 Å². The number of ether oxygens (including phenoxy) is 3. The lowest BCUT2D eigenvalue weighted by Gasteiger charge is -2.42. The molecule has 2 unspecified atom stereocenters. The van der Waals surface area contributed by atoms with Crippen molar-refractivity contribution in [3.05, 3.63) is 53.6 Å². The largest absolute Gasteiger partial charge is 0.493 e. The molecule has 2 aromatic carbocycles. The molecule has 0 saturated carbocycles. The summed E-state index contributed by atoms with van der Waals surface area (Å²) in [4.78, 5) is 26.5. The Labute approximate surface area is 181 Å². The van der Waals surface area contributed by atoms with Crippen LogP contribution >= 0.6 is 0 Å². The Hall–Kier alpha value is -3.10. The highest BCUT2D eigenvalue weighted by Crippen LogP contribution is 2.31. The van der Waals surface area contributed by atoms with Gasteiger partial charge in [0.25, 0.3) is 5.91 Å². The Bertz CT molecular complexity index is 928. The third-order valence-corrected chi connectivity index (χ3v) is 5.27. The highest BCUT2D eigenvalue weighted by Gasteiger charge is 2.38. The van der Waals surface area contributed by atoms with Gasteiger partial charge in [0.15, 0.2) is 11.5 Å². The van der Waals surface area contributed by atoms with Gasteiger partial charge in [0, 0.05) is 17.3 Å². The van der Waals surface area contributed by atoms with Crippen LogP contribution in [0.4, 0.5) is 5.69 Å². The number of benzene rings is 2. The van der Waals surface area contributed by atoms with E-state index in [0.717, 1.165) is 5.56 Å². The van der Waals surface area contributed by atoms with Gasteiger partial charge in [-0.1, -0.05) is 12.1 Å². The summed E-state index contributed by atoms with van der Waals surface area (Å²) in [5.74, 6) is 0.596. The van der Waals surface area contributed by atoms with E-state index in [4.69, 9.17) is 14.2 Å². The van der Waals surface area contributed by atoms with Crippen molar-refractivity contribution in [1.82, 2.24) is 4.90 Å². The Morgan fingerprint density at radius 1 is 1.16 bits per heavy atom. The summed E-state index contributed by atoms with van der Waals surface area (Å²) in [5.41, 5.74) is 1.86. The molecular formula is C23H28N2O6. The van der Waals surface area contributed by atoms with Crippen molar-refractivity contribution in [3.8, 4) is 11.5 Å². The Morgan fingerprint density at radius 2 is 1.84 bits per heavy atom. The van der Waals surface area contributed by atoms with E-state index in [0.29, 0.717) is 22.7 Å². The van der Waals surface area contributed by atoms with Gasteiger partial charge in [0.05, 0.1) is 26.9 Å². The Balaban J connectivity index is 1.74. The quantitative estimate of drug-likeness (QED) is 0.704. The van der Waals surface area contributed by atoms with Gasteiger partial charge < -0.3 is 29.5 Å². The van der Waals surface area contributed by atoms with Gasteiger partial charge in [-0.05, 0) is 49.7 Å². The van der Waals surface area contributed by atoms with E-state index < -0.39 is 12.1 Å². The van der Waals surface area contributed by atoms with E-state index in [-0.39, 0.29) is 31.1 Å². The summed E-state index contributed by atoms with van der Waals surface area (Å²) in [6, 6.07) is 11.6. The third-order valence-electron chi connectivity index (χ3n) is 5.27. The average Bonchev–Trinajstić information content (AvgIpc) is 2.78. The topological polar surface area (TPSA) is 97.3 Å². The van der Waals surface area contributed by atoms with E-state index >= 15 is 0 Å². The SMILES string of the molecule is COc1ccc(C(=O)Nc2ccc(C3OCC(=O)N(C(C)C)C3CO)cc2)cc1OC. The monoisotopic (exact) mass is 428 g/mol. The maximum absolute atomic E-state index is 12.6. The van der Waals surface area contributed by atoms with Crippen molar-refractivity contribution in [2.45, 2.75) is 32.0 Å². The van der Waals surface area contributed by atoms with Crippen LogP contribution in [0.3, 0.4) is 0 Å². The zero-order chi connectivity index (χ0) is 22.5. The first-order chi connectivity index (χ1) is 14.9. The highest BCUT2D eigenvalue weighted by molar-refractivity contribution is 6.04. The molecule has 166 valence electrons. The second-order valence-corrected chi connectivity index (χ2v) is 7.52. The van der Waals surface area contributed by atoms with Crippen LogP contribution in [0.2, 0.25) is 0 Å². The van der Waals surface area contributed by atoms with Gasteiger partial charge in [-0.2, -0.15) is 0 Å². The van der Waals surface area contributed by atoms with E-state index in [1.807, 2.05) is 26.0 Å². The van der Waals surface area contributed by atoms with Gasteiger partial charge in [-0.15, -0.1) is 0 Å². The molecule has 31 heavy (non-hydrogen) atoms. The first kappa shape index (κ1) is 22.6. The van der Waals surface area contributed by atoms with Gasteiger partial charge in [-0.3, -0.25) is 9.59 Å². The zero-order valence-corrected chi connectivity index (χ0v) is 18.1. The number of rotatable bonds is 7. The highest BCUT2D eigenvalue weighted by atomic mass is 16.5. The molecule has 1 aliphatic rings. The molecule has 2 atom stereocenters. The number of nitrogens with zero attached hydrogens (tertiary/aromatic N) is 1. The molecule has 0 spiro atoms. The molecule has 1 fully saturated rings. The molecule has 3 rings (SSSR count). The minimum Gasteiger partial charge on any atom is -0.493 e. The predicted octanol–water partition coefficient (Wildman–Crippen LogP) is 2.63. The van der Waals surface area contributed by atoms with E-state index in [9.17, 15) is 14.7 Å². The number of anilines is 1. The summed E-state index contributed by atoms with van der Waals surface area (Å²) >= 11 is 0. The normalized spacial score (nSPS) is 18.8. The van der Waals surface area contributed by atoms with E-state index in [1.54, 1.807) is 35.2 Å². The lowest BCUT2D eigenvalue weighted by Crippen LogP contribution is -2.55. The standard InChI is InChI=1S/C23H28N2O6/c1-14(2)25-18(12-26)22(31-13-21(25)27)15-5-8-17(9-6-15)24-23(28)16-7-10-19(29-3)20(11-16)30-4/h5-11,14,18,22,26H,12-13H2,1-4H3,(H,24,28). The maximum atomic E-state index is 12.6. The van der Waals surface area contributed by atoms with E-state index in [2.05, 4.69) is 5.32 Å². The lowest BCUT2D eigenvalue weighted by atomic mass is 9.98. The fraction of sp³-hybridized carbons (Fsp3) is 0.391. The molecule has 2 aromatic rings. The van der Waals surface area contributed by atoms with Crippen molar-refractivity contribution in [2.24, 2.45) is 0 Å². The first-order valence-corrected chi connectivity index (χ1v) is 10.1. The first-order valence-electron chi connectivity index (χ1n) is 10.1. The third kappa shape index (κ3) is 4.81. The molecule has 1 saturated heterocycles. The van der Waals surface area contributed by atoms with Crippen molar-refractivity contribution >= 4 is 17.5 Å². The van der Waals surface area contributed by atoms with Gasteiger partial charge in [-0.25, -0.2) is 0 Å². The van der Waals surface area contributed by atoms with Crippen LogP contribution in [-0.2, 0) is 9.53 Å². The minimum absolute atomic E-state index is 0.0306. The number of hydrogen-bond donors (Lipinski definition) is 2. The molecule has 8 heteroatoms. The second kappa shape index (κ2) is 9.80. The zero-order valence-electron chi connectivity index (χ0n) is 18.1. The summed E-state index contributed by atoms with van der Waals surface area (Å²) in [6.07, 6.45) is -0.444. The molecule has 0 aromatic heterocycles. The minimum atomic E-state index is -0.464. The molecule has 8 nitrogen and oxygen atoms in total. The number of aliphatic hydroxyl groups is 1. The molecule has 1 aliphatic heterocycles. The fourth-order valence-corrected chi connectivity index (χ4v) is 3.79. The summed E-state index contributed by atoms with van der Waals surface area (Å²) in [7, 11) is 3.05. The fourth-order valence-electron chi connectivity index (χ4n) is 3.79. The van der Waals surface area contributed by atoms with Crippen molar-refractivity contribution < 1.29 is 28.9 Å². The molecule has 0 radical (unpaired) electrons. The van der Waals surface area contributed by atoms with Gasteiger partial charge in [0.2, 0.25) is 5.91 Å².